The van der Waals surface area contributed by atoms with Gasteiger partial charge in [0.05, 0.1) is 32.0 Å². The largest absolute Gasteiger partial charge is 0.497 e. The minimum atomic E-state index is -0.134. The normalized spacial score (nSPS) is 18.8. The number of benzene rings is 2. The van der Waals surface area contributed by atoms with Crippen molar-refractivity contribution in [2.45, 2.75) is 50.6 Å². The van der Waals surface area contributed by atoms with E-state index in [0.29, 0.717) is 11.3 Å². The fourth-order valence-corrected chi connectivity index (χ4v) is 4.97. The summed E-state index contributed by atoms with van der Waals surface area (Å²) in [4.78, 5) is 28.0. The van der Waals surface area contributed by atoms with Crippen molar-refractivity contribution in [1.29, 1.82) is 0 Å². The van der Waals surface area contributed by atoms with E-state index < -0.39 is 0 Å². The number of anilines is 1. The molecule has 7 nitrogen and oxygen atoms in total. The molecule has 2 aliphatic rings. The Kier molecular flexibility index (Phi) is 7.50. The molecule has 2 aromatic carbocycles. The van der Waals surface area contributed by atoms with E-state index in [2.05, 4.69) is 15.5 Å². The summed E-state index contributed by atoms with van der Waals surface area (Å²) in [6, 6.07) is 13.3. The van der Waals surface area contributed by atoms with Crippen LogP contribution in [0.4, 0.5) is 5.69 Å². The number of likely N-dealkylation sites (tertiary alicyclic amines) is 1. The Hall–Kier alpha value is -3.06. The van der Waals surface area contributed by atoms with Crippen molar-refractivity contribution in [3.63, 3.8) is 0 Å². The summed E-state index contributed by atoms with van der Waals surface area (Å²) in [5.74, 6) is 1.30. The highest BCUT2D eigenvalue weighted by atomic mass is 16.5. The Labute approximate surface area is 195 Å². The highest BCUT2D eigenvalue weighted by molar-refractivity contribution is 6.04. The molecule has 4 rings (SSSR count). The van der Waals surface area contributed by atoms with Gasteiger partial charge in [-0.15, -0.1) is 0 Å². The molecule has 1 aliphatic carbocycles. The molecule has 1 atom stereocenters. The molecule has 2 fully saturated rings. The molecule has 0 aromatic heterocycles. The lowest BCUT2D eigenvalue weighted by Gasteiger charge is -2.26. The first-order valence-corrected chi connectivity index (χ1v) is 11.7. The average Bonchev–Trinajstić information content (AvgIpc) is 3.51. The smallest absolute Gasteiger partial charge is 0.253 e. The van der Waals surface area contributed by atoms with Crippen LogP contribution in [0, 0.1) is 0 Å². The summed E-state index contributed by atoms with van der Waals surface area (Å²) in [6.45, 7) is 1.06. The first-order valence-electron chi connectivity index (χ1n) is 11.7. The van der Waals surface area contributed by atoms with Gasteiger partial charge >= 0.3 is 0 Å². The third kappa shape index (κ3) is 5.47. The number of nitrogens with zero attached hydrogens (tertiary/aromatic N) is 1. The Morgan fingerprint density at radius 1 is 1.00 bits per heavy atom. The van der Waals surface area contributed by atoms with E-state index >= 15 is 0 Å². The van der Waals surface area contributed by atoms with Gasteiger partial charge in [0.2, 0.25) is 5.91 Å². The predicted octanol–water partition coefficient (Wildman–Crippen LogP) is 4.15. The molecule has 0 spiro atoms. The van der Waals surface area contributed by atoms with Gasteiger partial charge in [-0.05, 0) is 62.6 Å². The first kappa shape index (κ1) is 23.1. The lowest BCUT2D eigenvalue weighted by molar-refractivity contribution is -0.117. The van der Waals surface area contributed by atoms with Crippen molar-refractivity contribution in [2.75, 3.05) is 32.6 Å². The number of rotatable bonds is 8. The van der Waals surface area contributed by atoms with E-state index in [1.165, 1.54) is 0 Å². The average molecular weight is 452 g/mol. The maximum absolute atomic E-state index is 13.0. The standard InChI is InChI=1S/C26H33N3O4/c1-32-19-13-14-24(33-2)21(16-19)23-12-7-15-29(23)17-25(30)28-22-11-6-5-10-20(22)26(31)27-18-8-3-4-9-18/h5-6,10-11,13-14,16,18,23H,3-4,7-9,12,15,17H2,1-2H3,(H,27,31)(H,28,30)/t23-/m0/s1. The van der Waals surface area contributed by atoms with E-state index in [0.717, 1.165) is 62.1 Å². The highest BCUT2D eigenvalue weighted by Crippen LogP contribution is 2.38. The molecule has 2 aromatic rings. The van der Waals surface area contributed by atoms with Gasteiger partial charge < -0.3 is 20.1 Å². The summed E-state index contributed by atoms with van der Waals surface area (Å²) < 4.78 is 11.0. The maximum Gasteiger partial charge on any atom is 0.253 e. The van der Waals surface area contributed by atoms with Crippen molar-refractivity contribution in [3.8, 4) is 11.5 Å². The second-order valence-corrected chi connectivity index (χ2v) is 8.78. The van der Waals surface area contributed by atoms with Gasteiger partial charge in [0.1, 0.15) is 11.5 Å². The molecule has 2 N–H and O–H groups in total. The van der Waals surface area contributed by atoms with Crippen LogP contribution in [-0.2, 0) is 4.79 Å². The highest BCUT2D eigenvalue weighted by Gasteiger charge is 2.30. The van der Waals surface area contributed by atoms with Gasteiger partial charge in [-0.2, -0.15) is 0 Å². The van der Waals surface area contributed by atoms with Crippen LogP contribution in [0.2, 0.25) is 0 Å². The predicted molar refractivity (Wildman–Crippen MR) is 128 cm³/mol. The number of hydrogen-bond donors (Lipinski definition) is 2. The molecule has 0 bridgehead atoms. The molecular formula is C26H33N3O4. The van der Waals surface area contributed by atoms with Crippen molar-refractivity contribution in [1.82, 2.24) is 10.2 Å². The summed E-state index contributed by atoms with van der Waals surface area (Å²) in [5, 5.41) is 6.08. The van der Waals surface area contributed by atoms with Crippen LogP contribution >= 0.6 is 0 Å². The van der Waals surface area contributed by atoms with Crippen LogP contribution < -0.4 is 20.1 Å². The van der Waals surface area contributed by atoms with Gasteiger partial charge in [-0.1, -0.05) is 25.0 Å². The van der Waals surface area contributed by atoms with Crippen molar-refractivity contribution >= 4 is 17.5 Å². The monoisotopic (exact) mass is 451 g/mol. The minimum absolute atomic E-state index is 0.0710. The quantitative estimate of drug-likeness (QED) is 0.630. The van der Waals surface area contributed by atoms with Crippen molar-refractivity contribution < 1.29 is 19.1 Å². The van der Waals surface area contributed by atoms with E-state index in [1.807, 2.05) is 30.3 Å². The molecule has 1 saturated carbocycles. The number of methoxy groups -OCH3 is 2. The second kappa shape index (κ2) is 10.7. The first-order chi connectivity index (χ1) is 16.1. The van der Waals surface area contributed by atoms with Crippen molar-refractivity contribution in [2.24, 2.45) is 0 Å². The number of carbonyl (C=O) groups is 2. The van der Waals surface area contributed by atoms with Crippen LogP contribution in [0.5, 0.6) is 11.5 Å². The van der Waals surface area contributed by atoms with Crippen LogP contribution in [0.3, 0.4) is 0 Å². The van der Waals surface area contributed by atoms with E-state index in [-0.39, 0.29) is 30.4 Å². The van der Waals surface area contributed by atoms with Crippen LogP contribution in [0.25, 0.3) is 0 Å². The molecule has 176 valence electrons. The van der Waals surface area contributed by atoms with Gasteiger partial charge in [-0.3, -0.25) is 14.5 Å². The topological polar surface area (TPSA) is 79.9 Å². The molecule has 7 heteroatoms. The van der Waals surface area contributed by atoms with Crippen LogP contribution in [0.15, 0.2) is 42.5 Å². The zero-order valence-electron chi connectivity index (χ0n) is 19.4. The third-order valence-electron chi connectivity index (χ3n) is 6.64. The summed E-state index contributed by atoms with van der Waals surface area (Å²) in [5.41, 5.74) is 2.08. The zero-order valence-corrected chi connectivity index (χ0v) is 19.4. The van der Waals surface area contributed by atoms with Crippen molar-refractivity contribution in [3.05, 3.63) is 53.6 Å². The van der Waals surface area contributed by atoms with E-state index in [1.54, 1.807) is 26.4 Å². The molecule has 1 saturated heterocycles. The summed E-state index contributed by atoms with van der Waals surface area (Å²) in [6.07, 6.45) is 6.28. The van der Waals surface area contributed by atoms with E-state index in [4.69, 9.17) is 9.47 Å². The molecule has 33 heavy (non-hydrogen) atoms. The van der Waals surface area contributed by atoms with Gasteiger partial charge in [0.25, 0.3) is 5.91 Å². The fourth-order valence-electron chi connectivity index (χ4n) is 4.97. The Balaban J connectivity index is 1.44. The third-order valence-corrected chi connectivity index (χ3v) is 6.64. The maximum atomic E-state index is 13.0. The number of hydrogen-bond acceptors (Lipinski definition) is 5. The Morgan fingerprint density at radius 2 is 1.79 bits per heavy atom. The molecule has 0 unspecified atom stereocenters. The lowest BCUT2D eigenvalue weighted by atomic mass is 10.0. The second-order valence-electron chi connectivity index (χ2n) is 8.78. The molecule has 1 heterocycles. The van der Waals surface area contributed by atoms with Gasteiger partial charge in [-0.25, -0.2) is 0 Å². The zero-order chi connectivity index (χ0) is 23.2. The fraction of sp³-hybridized carbons (Fsp3) is 0.462. The molecular weight excluding hydrogens is 418 g/mol. The summed E-state index contributed by atoms with van der Waals surface area (Å²) in [7, 11) is 3.30. The lowest BCUT2D eigenvalue weighted by Crippen LogP contribution is -2.35. The molecule has 2 amide bonds. The van der Waals surface area contributed by atoms with Gasteiger partial charge in [0.15, 0.2) is 0 Å². The minimum Gasteiger partial charge on any atom is -0.497 e. The van der Waals surface area contributed by atoms with Crippen LogP contribution in [0.1, 0.15) is 60.5 Å². The number of nitrogens with one attached hydrogen (secondary N) is 2. The number of ether oxygens (including phenoxy) is 2. The summed E-state index contributed by atoms with van der Waals surface area (Å²) >= 11 is 0. The number of amides is 2. The molecule has 0 radical (unpaired) electrons. The van der Waals surface area contributed by atoms with Crippen LogP contribution in [-0.4, -0.2) is 50.1 Å². The Morgan fingerprint density at radius 3 is 2.55 bits per heavy atom. The molecule has 1 aliphatic heterocycles. The van der Waals surface area contributed by atoms with E-state index in [9.17, 15) is 9.59 Å². The number of para-hydroxylation sites is 1. The SMILES string of the molecule is COc1ccc(OC)c([C@@H]2CCCN2CC(=O)Nc2ccccc2C(=O)NC2CCCC2)c1. The van der Waals surface area contributed by atoms with Gasteiger partial charge in [0, 0.05) is 17.6 Å². The number of carbonyl (C=O) groups excluding carboxylic acids is 2. The Bertz CT molecular complexity index is 987.